The highest BCUT2D eigenvalue weighted by Crippen LogP contribution is 2.30. The molecule has 0 aliphatic rings. The number of ketones is 1. The van der Waals surface area contributed by atoms with E-state index in [-0.39, 0.29) is 18.1 Å². The second kappa shape index (κ2) is 6.30. The Morgan fingerprint density at radius 2 is 1.57 bits per heavy atom. The molecule has 2 aromatic carbocycles. The number of carbonyl (C=O) groups is 1. The van der Waals surface area contributed by atoms with Crippen molar-refractivity contribution in [2.24, 2.45) is 0 Å². The highest BCUT2D eigenvalue weighted by atomic mass is 79.9. The minimum Gasteiger partial charge on any atom is -0.485 e. The zero-order chi connectivity index (χ0) is 15.5. The lowest BCUT2D eigenvalue weighted by Crippen LogP contribution is -2.11. The van der Waals surface area contributed by atoms with Gasteiger partial charge in [0, 0.05) is 10.0 Å². The van der Waals surface area contributed by atoms with E-state index in [1.807, 2.05) is 0 Å². The van der Waals surface area contributed by atoms with Gasteiger partial charge in [0.15, 0.2) is 12.4 Å². The van der Waals surface area contributed by atoms with Crippen molar-refractivity contribution in [2.45, 2.75) is 6.18 Å². The number of ether oxygens (including phenoxy) is 1. The molecule has 0 aliphatic heterocycles. The molecule has 0 saturated carbocycles. The predicted molar refractivity (Wildman–Crippen MR) is 75.4 cm³/mol. The summed E-state index contributed by atoms with van der Waals surface area (Å²) in [6, 6.07) is 11.0. The van der Waals surface area contributed by atoms with Crippen LogP contribution in [0.1, 0.15) is 15.9 Å². The van der Waals surface area contributed by atoms with E-state index in [0.29, 0.717) is 5.56 Å². The first-order valence-corrected chi connectivity index (χ1v) is 6.74. The van der Waals surface area contributed by atoms with E-state index in [4.69, 9.17) is 4.74 Å². The number of halogens is 4. The van der Waals surface area contributed by atoms with E-state index in [9.17, 15) is 18.0 Å². The molecule has 0 aromatic heterocycles. The second-order valence-electron chi connectivity index (χ2n) is 4.24. The van der Waals surface area contributed by atoms with Crippen LogP contribution in [0, 0.1) is 0 Å². The maximum Gasteiger partial charge on any atom is 0.416 e. The van der Waals surface area contributed by atoms with E-state index in [1.165, 1.54) is 12.1 Å². The van der Waals surface area contributed by atoms with Gasteiger partial charge < -0.3 is 4.74 Å². The molecule has 0 radical (unpaired) electrons. The van der Waals surface area contributed by atoms with Gasteiger partial charge in [-0.15, -0.1) is 0 Å². The summed E-state index contributed by atoms with van der Waals surface area (Å²) in [4.78, 5) is 11.8. The average molecular weight is 359 g/mol. The third kappa shape index (κ3) is 4.32. The first kappa shape index (κ1) is 15.6. The van der Waals surface area contributed by atoms with Crippen LogP contribution >= 0.6 is 15.9 Å². The van der Waals surface area contributed by atoms with Gasteiger partial charge in [0.05, 0.1) is 5.56 Å². The zero-order valence-electron chi connectivity index (χ0n) is 10.7. The lowest BCUT2D eigenvalue weighted by Gasteiger charge is -2.09. The van der Waals surface area contributed by atoms with Crippen molar-refractivity contribution in [1.29, 1.82) is 0 Å². The van der Waals surface area contributed by atoms with Crippen LogP contribution in [0.5, 0.6) is 5.75 Å². The fraction of sp³-hybridized carbons (Fsp3) is 0.133. The Morgan fingerprint density at radius 1 is 1.00 bits per heavy atom. The number of alkyl halides is 3. The molecule has 0 amide bonds. The van der Waals surface area contributed by atoms with Crippen LogP contribution < -0.4 is 4.74 Å². The van der Waals surface area contributed by atoms with E-state index >= 15 is 0 Å². The Morgan fingerprint density at radius 3 is 2.10 bits per heavy atom. The molecule has 0 spiro atoms. The normalized spacial score (nSPS) is 11.2. The predicted octanol–water partition coefficient (Wildman–Crippen LogP) is 4.73. The molecule has 21 heavy (non-hydrogen) atoms. The maximum atomic E-state index is 12.4. The van der Waals surface area contributed by atoms with Gasteiger partial charge in [-0.2, -0.15) is 13.2 Å². The molecule has 2 nitrogen and oxygen atoms in total. The van der Waals surface area contributed by atoms with Crippen LogP contribution in [-0.4, -0.2) is 12.4 Å². The third-order valence-electron chi connectivity index (χ3n) is 2.72. The molecule has 0 unspecified atom stereocenters. The van der Waals surface area contributed by atoms with E-state index in [1.54, 1.807) is 24.3 Å². The summed E-state index contributed by atoms with van der Waals surface area (Å²) in [5.74, 6) is -0.0316. The summed E-state index contributed by atoms with van der Waals surface area (Å²) in [5, 5.41) is 0. The van der Waals surface area contributed by atoms with Gasteiger partial charge in [-0.1, -0.05) is 28.1 Å². The molecular weight excluding hydrogens is 349 g/mol. The summed E-state index contributed by atoms with van der Waals surface area (Å²) >= 11 is 3.26. The third-order valence-corrected chi connectivity index (χ3v) is 3.25. The van der Waals surface area contributed by atoms with Crippen molar-refractivity contribution in [3.63, 3.8) is 0 Å². The molecule has 110 valence electrons. The van der Waals surface area contributed by atoms with Crippen LogP contribution in [0.2, 0.25) is 0 Å². The van der Waals surface area contributed by atoms with Crippen molar-refractivity contribution in [3.8, 4) is 5.75 Å². The van der Waals surface area contributed by atoms with E-state index < -0.39 is 11.7 Å². The van der Waals surface area contributed by atoms with Crippen LogP contribution in [-0.2, 0) is 6.18 Å². The summed E-state index contributed by atoms with van der Waals surface area (Å²) in [7, 11) is 0. The molecule has 0 saturated heterocycles. The fourth-order valence-corrected chi connectivity index (χ4v) is 1.87. The molecule has 0 bridgehead atoms. The fourth-order valence-electron chi connectivity index (χ4n) is 1.61. The molecule has 0 heterocycles. The Kier molecular flexibility index (Phi) is 4.67. The minimum atomic E-state index is -4.38. The molecule has 2 rings (SSSR count). The Bertz CT molecular complexity index is 619. The smallest absolute Gasteiger partial charge is 0.416 e. The van der Waals surface area contributed by atoms with E-state index in [0.717, 1.165) is 16.6 Å². The van der Waals surface area contributed by atoms with Crippen LogP contribution in [0.3, 0.4) is 0 Å². The second-order valence-corrected chi connectivity index (χ2v) is 5.16. The standard InChI is InChI=1S/C15H10BrF3O2/c16-12-5-1-10(2-6-12)14(20)9-21-13-7-3-11(4-8-13)15(17,18)19/h1-8H,9H2. The van der Waals surface area contributed by atoms with Crippen molar-refractivity contribution in [1.82, 2.24) is 0 Å². The zero-order valence-corrected chi connectivity index (χ0v) is 12.2. The maximum absolute atomic E-state index is 12.4. The Balaban J connectivity index is 1.97. The lowest BCUT2D eigenvalue weighted by molar-refractivity contribution is -0.137. The van der Waals surface area contributed by atoms with Crippen LogP contribution in [0.25, 0.3) is 0 Å². The Hall–Kier alpha value is -1.82. The first-order valence-electron chi connectivity index (χ1n) is 5.95. The Labute approximate surface area is 127 Å². The number of benzene rings is 2. The van der Waals surface area contributed by atoms with Crippen molar-refractivity contribution in [3.05, 3.63) is 64.1 Å². The largest absolute Gasteiger partial charge is 0.485 e. The summed E-state index contributed by atoms with van der Waals surface area (Å²) in [6.45, 7) is -0.229. The van der Waals surface area contributed by atoms with Gasteiger partial charge in [-0.05, 0) is 36.4 Å². The molecule has 0 aliphatic carbocycles. The molecule has 0 atom stereocenters. The van der Waals surface area contributed by atoms with Gasteiger partial charge in [0.25, 0.3) is 0 Å². The highest BCUT2D eigenvalue weighted by molar-refractivity contribution is 9.10. The number of rotatable bonds is 4. The van der Waals surface area contributed by atoms with Crippen molar-refractivity contribution in [2.75, 3.05) is 6.61 Å². The first-order chi connectivity index (χ1) is 9.86. The number of carbonyl (C=O) groups excluding carboxylic acids is 1. The van der Waals surface area contributed by atoms with Crippen LogP contribution in [0.15, 0.2) is 53.0 Å². The summed E-state index contributed by atoms with van der Waals surface area (Å²) in [5.41, 5.74) is -0.279. The molecule has 0 N–H and O–H groups in total. The van der Waals surface area contributed by atoms with Crippen molar-refractivity contribution < 1.29 is 22.7 Å². The van der Waals surface area contributed by atoms with Gasteiger partial charge in [-0.25, -0.2) is 0 Å². The topological polar surface area (TPSA) is 26.3 Å². The minimum absolute atomic E-state index is 0.216. The van der Waals surface area contributed by atoms with Gasteiger partial charge in [-0.3, -0.25) is 4.79 Å². The monoisotopic (exact) mass is 358 g/mol. The summed E-state index contributed by atoms with van der Waals surface area (Å²) in [6.07, 6.45) is -4.38. The number of Topliss-reactive ketones (excluding diaryl/α,β-unsaturated/α-hetero) is 1. The molecule has 2 aromatic rings. The quantitative estimate of drug-likeness (QED) is 0.738. The molecule has 0 fully saturated rings. The lowest BCUT2D eigenvalue weighted by atomic mass is 10.1. The van der Waals surface area contributed by atoms with E-state index in [2.05, 4.69) is 15.9 Å². The van der Waals surface area contributed by atoms with Gasteiger partial charge >= 0.3 is 6.18 Å². The number of hydrogen-bond acceptors (Lipinski definition) is 2. The average Bonchev–Trinajstić information content (AvgIpc) is 2.45. The highest BCUT2D eigenvalue weighted by Gasteiger charge is 2.30. The molecular formula is C15H10BrF3O2. The molecule has 6 heteroatoms. The van der Waals surface area contributed by atoms with Crippen molar-refractivity contribution >= 4 is 21.7 Å². The van der Waals surface area contributed by atoms with Gasteiger partial charge in [0.2, 0.25) is 0 Å². The number of hydrogen-bond donors (Lipinski definition) is 0. The summed E-state index contributed by atoms with van der Waals surface area (Å²) < 4.78 is 43.2. The SMILES string of the molecule is O=C(COc1ccc(C(F)(F)F)cc1)c1ccc(Br)cc1. The van der Waals surface area contributed by atoms with Crippen LogP contribution in [0.4, 0.5) is 13.2 Å². The van der Waals surface area contributed by atoms with Gasteiger partial charge in [0.1, 0.15) is 5.75 Å².